The molecule has 1 aliphatic heterocycles. The summed E-state index contributed by atoms with van der Waals surface area (Å²) in [5, 5.41) is 2.81. The van der Waals surface area contributed by atoms with Gasteiger partial charge < -0.3 is 18.9 Å². The molecular weight excluding hydrogens is 384 g/mol. The highest BCUT2D eigenvalue weighted by molar-refractivity contribution is 5.85. The summed E-state index contributed by atoms with van der Waals surface area (Å²) < 4.78 is 22.4. The average Bonchev–Trinajstić information content (AvgIpc) is 2.74. The van der Waals surface area contributed by atoms with Crippen LogP contribution in [0.15, 0.2) is 24.3 Å². The van der Waals surface area contributed by atoms with Crippen LogP contribution >= 0.6 is 0 Å². The van der Waals surface area contributed by atoms with Crippen LogP contribution in [0.25, 0.3) is 0 Å². The lowest BCUT2D eigenvalue weighted by molar-refractivity contribution is -0.0129. The van der Waals surface area contributed by atoms with Gasteiger partial charge in [-0.2, -0.15) is 0 Å². The van der Waals surface area contributed by atoms with Crippen LogP contribution < -0.4 is 10.1 Å². The van der Waals surface area contributed by atoms with Gasteiger partial charge in [0.25, 0.3) is 0 Å². The maximum atomic E-state index is 12.5. The summed E-state index contributed by atoms with van der Waals surface area (Å²) in [5.74, 6) is 0.741. The number of amides is 1. The van der Waals surface area contributed by atoms with Crippen molar-refractivity contribution in [3.63, 3.8) is 0 Å². The van der Waals surface area contributed by atoms with E-state index in [1.165, 1.54) is 19.3 Å². The minimum Gasteiger partial charge on any atom is -0.494 e. The number of anilines is 1. The van der Waals surface area contributed by atoms with Gasteiger partial charge in [0.1, 0.15) is 11.9 Å². The Kier molecular flexibility index (Phi) is 12.3. The van der Waals surface area contributed by atoms with Crippen LogP contribution in [-0.4, -0.2) is 69.8 Å². The number of hydrogen-bond donors (Lipinski definition) is 1. The Balaban J connectivity index is 1.84. The zero-order valence-corrected chi connectivity index (χ0v) is 18.6. The summed E-state index contributed by atoms with van der Waals surface area (Å²) in [6, 6.07) is 7.39. The summed E-state index contributed by atoms with van der Waals surface area (Å²) in [6.07, 6.45) is 4.93. The summed E-state index contributed by atoms with van der Waals surface area (Å²) in [6.45, 7) is 9.57. The predicted molar refractivity (Wildman–Crippen MR) is 118 cm³/mol. The molecule has 30 heavy (non-hydrogen) atoms. The van der Waals surface area contributed by atoms with Gasteiger partial charge in [0.2, 0.25) is 0 Å². The van der Waals surface area contributed by atoms with Gasteiger partial charge in [0.05, 0.1) is 26.4 Å². The van der Waals surface area contributed by atoms with E-state index in [1.807, 2.05) is 31.2 Å². The third-order valence-corrected chi connectivity index (χ3v) is 4.91. The van der Waals surface area contributed by atoms with Gasteiger partial charge in [-0.05, 0) is 51.4 Å². The molecule has 1 aromatic carbocycles. The number of ether oxygens (including phenoxy) is 4. The molecule has 1 aromatic rings. The van der Waals surface area contributed by atoms with Gasteiger partial charge in [0.15, 0.2) is 0 Å². The first-order chi connectivity index (χ1) is 14.7. The molecule has 0 aromatic heterocycles. The number of unbranched alkanes of at least 4 members (excludes halogenated alkanes) is 1. The topological polar surface area (TPSA) is 69.3 Å². The molecule has 1 saturated heterocycles. The highest BCUT2D eigenvalue weighted by atomic mass is 16.6. The summed E-state index contributed by atoms with van der Waals surface area (Å²) in [4.78, 5) is 14.8. The monoisotopic (exact) mass is 422 g/mol. The smallest absolute Gasteiger partial charge is 0.412 e. The minimum absolute atomic E-state index is 0.325. The second kappa shape index (κ2) is 15.0. The zero-order chi connectivity index (χ0) is 21.4. The molecule has 7 nitrogen and oxygen atoms in total. The Morgan fingerprint density at radius 1 is 1.10 bits per heavy atom. The first kappa shape index (κ1) is 24.4. The molecule has 1 unspecified atom stereocenters. The fourth-order valence-corrected chi connectivity index (χ4v) is 3.33. The number of likely N-dealkylation sites (tertiary alicyclic amines) is 1. The Hall–Kier alpha value is -1.83. The number of hydrogen-bond acceptors (Lipinski definition) is 6. The molecule has 0 bridgehead atoms. The summed E-state index contributed by atoms with van der Waals surface area (Å²) in [7, 11) is 0. The van der Waals surface area contributed by atoms with Crippen molar-refractivity contribution in [3.05, 3.63) is 24.3 Å². The highest BCUT2D eigenvalue weighted by Crippen LogP contribution is 2.18. The second-order valence-corrected chi connectivity index (χ2v) is 7.52. The molecule has 1 heterocycles. The lowest BCUT2D eigenvalue weighted by atomic mass is 10.1. The van der Waals surface area contributed by atoms with E-state index >= 15 is 0 Å². The third kappa shape index (κ3) is 10.3. The molecule has 1 N–H and O–H groups in total. The Bertz CT molecular complexity index is 593. The van der Waals surface area contributed by atoms with E-state index in [-0.39, 0.29) is 6.10 Å². The van der Waals surface area contributed by atoms with Gasteiger partial charge in [-0.1, -0.05) is 25.8 Å². The maximum absolute atomic E-state index is 12.5. The molecule has 0 spiro atoms. The molecule has 0 saturated carbocycles. The van der Waals surface area contributed by atoms with Gasteiger partial charge in [-0.3, -0.25) is 10.2 Å². The highest BCUT2D eigenvalue weighted by Gasteiger charge is 2.20. The fourth-order valence-electron chi connectivity index (χ4n) is 3.33. The number of carbonyl (C=O) groups is 1. The molecule has 7 heteroatoms. The first-order valence-corrected chi connectivity index (χ1v) is 11.3. The Labute approximate surface area is 181 Å². The normalized spacial score (nSPS) is 15.5. The third-order valence-electron chi connectivity index (χ3n) is 4.91. The largest absolute Gasteiger partial charge is 0.494 e. The van der Waals surface area contributed by atoms with E-state index in [9.17, 15) is 4.79 Å². The number of carbonyl (C=O) groups excluding carboxylic acids is 1. The van der Waals surface area contributed by atoms with Crippen LogP contribution in [0.3, 0.4) is 0 Å². The quantitative estimate of drug-likeness (QED) is 0.450. The van der Waals surface area contributed by atoms with Gasteiger partial charge in [0, 0.05) is 24.9 Å². The number of nitrogens with zero attached hydrogens (tertiary/aromatic N) is 1. The Morgan fingerprint density at radius 2 is 1.90 bits per heavy atom. The van der Waals surface area contributed by atoms with Crippen LogP contribution in [0.1, 0.15) is 46.0 Å². The zero-order valence-electron chi connectivity index (χ0n) is 18.6. The second-order valence-electron chi connectivity index (χ2n) is 7.52. The Morgan fingerprint density at radius 3 is 2.67 bits per heavy atom. The predicted octanol–water partition coefficient (Wildman–Crippen LogP) is 4.32. The van der Waals surface area contributed by atoms with E-state index < -0.39 is 6.09 Å². The van der Waals surface area contributed by atoms with Crippen LogP contribution in [0, 0.1) is 0 Å². The van der Waals surface area contributed by atoms with Crippen molar-refractivity contribution in [2.24, 2.45) is 0 Å². The summed E-state index contributed by atoms with van der Waals surface area (Å²) >= 11 is 0. The van der Waals surface area contributed by atoms with Crippen molar-refractivity contribution in [2.75, 3.05) is 58.0 Å². The number of nitrogens with one attached hydrogen (secondary N) is 1. The molecule has 0 aliphatic carbocycles. The molecule has 1 amide bonds. The van der Waals surface area contributed by atoms with Gasteiger partial charge in [-0.15, -0.1) is 0 Å². The molecular formula is C23H38N2O5. The molecule has 2 rings (SSSR count). The number of benzene rings is 1. The van der Waals surface area contributed by atoms with E-state index in [0.717, 1.165) is 31.7 Å². The first-order valence-electron chi connectivity index (χ1n) is 11.3. The van der Waals surface area contributed by atoms with Gasteiger partial charge >= 0.3 is 6.09 Å². The molecule has 1 fully saturated rings. The molecule has 170 valence electrons. The van der Waals surface area contributed by atoms with E-state index in [1.54, 1.807) is 0 Å². The standard InChI is InChI=1S/C23H38N2O5/c1-3-5-14-29-21-11-9-10-20(17-21)24-23(26)30-22(19-28-16-15-27-4-2)18-25-12-7-6-8-13-25/h9-11,17,22H,3-8,12-16,18-19H2,1-2H3,(H,24,26). The van der Waals surface area contributed by atoms with E-state index in [2.05, 4.69) is 17.1 Å². The van der Waals surface area contributed by atoms with Crippen molar-refractivity contribution >= 4 is 11.8 Å². The van der Waals surface area contributed by atoms with E-state index in [0.29, 0.717) is 45.3 Å². The lowest BCUT2D eigenvalue weighted by Gasteiger charge is -2.30. The van der Waals surface area contributed by atoms with Crippen molar-refractivity contribution in [3.8, 4) is 5.75 Å². The SMILES string of the molecule is CCCCOc1cccc(NC(=O)OC(COCCOCC)CN2CCCCC2)c1. The van der Waals surface area contributed by atoms with Crippen molar-refractivity contribution < 1.29 is 23.7 Å². The fraction of sp³-hybridized carbons (Fsp3) is 0.696. The average molecular weight is 423 g/mol. The molecule has 1 atom stereocenters. The van der Waals surface area contributed by atoms with Crippen LogP contribution in [0.5, 0.6) is 5.75 Å². The molecule has 0 radical (unpaired) electrons. The van der Waals surface area contributed by atoms with Gasteiger partial charge in [-0.25, -0.2) is 4.79 Å². The van der Waals surface area contributed by atoms with Crippen molar-refractivity contribution in [2.45, 2.75) is 52.1 Å². The lowest BCUT2D eigenvalue weighted by Crippen LogP contribution is -2.41. The number of rotatable bonds is 14. The molecule has 1 aliphatic rings. The minimum atomic E-state index is -0.476. The maximum Gasteiger partial charge on any atom is 0.412 e. The summed E-state index contributed by atoms with van der Waals surface area (Å²) in [5.41, 5.74) is 0.656. The number of piperidine rings is 1. The van der Waals surface area contributed by atoms with E-state index in [4.69, 9.17) is 18.9 Å². The van der Waals surface area contributed by atoms with Crippen molar-refractivity contribution in [1.82, 2.24) is 4.90 Å². The van der Waals surface area contributed by atoms with Crippen LogP contribution in [0.4, 0.5) is 10.5 Å². The van der Waals surface area contributed by atoms with Crippen LogP contribution in [-0.2, 0) is 14.2 Å². The van der Waals surface area contributed by atoms with Crippen LogP contribution in [0.2, 0.25) is 0 Å². The van der Waals surface area contributed by atoms with Crippen molar-refractivity contribution in [1.29, 1.82) is 0 Å².